The van der Waals surface area contributed by atoms with Crippen molar-refractivity contribution in [2.75, 3.05) is 0 Å². The largest absolute Gasteiger partial charge is 0.507 e. The number of aromatic hydroxyl groups is 2. The molecule has 12 aromatic rings. The molecule has 0 saturated heterocycles. The number of aryl methyl sites for hydroxylation is 2. The number of hydrogen-bond donors (Lipinski definition) is 2. The first kappa shape index (κ1) is 59.0. The molecule has 16 nitrogen and oxygen atoms in total. The summed E-state index contributed by atoms with van der Waals surface area (Å²) >= 11 is 0. The summed E-state index contributed by atoms with van der Waals surface area (Å²) < 4.78 is 14.2. The Morgan fingerprint density at radius 2 is 0.533 bits per heavy atom. The standard InChI is InChI=1S/C76H60N12O4/c1-49-19-15-31-69(77-49)71-33-17-29-63(79-71)47-91-75-55-35-51-39-65(85-81-59-21-7-3-8-22-59)41-53(73(51)89)37-57-45-68(88-84-62-27-13-6-14-28-62)46-58(76(57)92-48-64-30-18-34-72(80-64)70-32-16-20-50(2)78-70)38-54-42-66(86-82-60-23-9-4-10-24-60)40-52(74(54)90)36-56(75)44-67(43-55)87-83-61-25-11-5-12-26-61/h3-34,39-46,89-90H,35-38,47-48H2,1-2H3. The van der Waals surface area contributed by atoms with Gasteiger partial charge in [-0.15, -0.1) is 0 Å². The highest BCUT2D eigenvalue weighted by Gasteiger charge is 2.25. The fourth-order valence-corrected chi connectivity index (χ4v) is 11.0. The van der Waals surface area contributed by atoms with E-state index in [-0.39, 0.29) is 50.4 Å². The summed E-state index contributed by atoms with van der Waals surface area (Å²) in [5, 5.41) is 64.2. The highest BCUT2D eigenvalue weighted by Crippen LogP contribution is 2.44. The van der Waals surface area contributed by atoms with Crippen molar-refractivity contribution in [2.45, 2.75) is 52.7 Å². The number of azo groups is 4. The lowest BCUT2D eigenvalue weighted by Crippen LogP contribution is -2.08. The molecule has 16 heteroatoms. The van der Waals surface area contributed by atoms with Crippen molar-refractivity contribution in [2.24, 2.45) is 40.9 Å². The Kier molecular flexibility index (Phi) is 17.7. The fraction of sp³-hybridized carbons (Fsp3) is 0.105. The zero-order valence-corrected chi connectivity index (χ0v) is 50.4. The summed E-state index contributed by atoms with van der Waals surface area (Å²) in [4.78, 5) is 19.6. The molecule has 0 atom stereocenters. The Labute approximate surface area is 531 Å². The van der Waals surface area contributed by atoms with Crippen LogP contribution in [-0.4, -0.2) is 30.1 Å². The molecule has 0 amide bonds. The van der Waals surface area contributed by atoms with E-state index in [1.165, 1.54) is 0 Å². The maximum Gasteiger partial charge on any atom is 0.130 e. The molecule has 448 valence electrons. The first-order valence-corrected chi connectivity index (χ1v) is 30.1. The smallest absolute Gasteiger partial charge is 0.130 e. The van der Waals surface area contributed by atoms with Gasteiger partial charge in [-0.25, -0.2) is 9.97 Å². The molecule has 2 N–H and O–H groups in total. The zero-order valence-electron chi connectivity index (χ0n) is 50.4. The van der Waals surface area contributed by atoms with Crippen LogP contribution in [-0.2, 0) is 38.9 Å². The SMILES string of the molecule is Cc1cccc(-c2cccc(COc3c4cc(N=Nc5ccccc5)cc3Cc3cc(N=Nc5ccccc5)cc(c3O)Cc3cc(N=Nc5ccccc5)cc(c3OCc3cccc(-c5cccc(C)n5)n3)Cc3cc(N=Nc5ccccc5)cc(c3O)C4)n2)n1. The summed E-state index contributed by atoms with van der Waals surface area (Å²) in [6, 6.07) is 76.2. The number of pyridine rings is 4. The average Bonchev–Trinajstić information content (AvgIpc) is 1.11. The number of phenolic OH excluding ortho intramolecular Hbond substituents is 2. The van der Waals surface area contributed by atoms with Crippen LogP contribution in [0.4, 0.5) is 45.5 Å². The number of ether oxygens (including phenoxy) is 2. The van der Waals surface area contributed by atoms with Crippen molar-refractivity contribution < 1.29 is 19.7 Å². The normalized spacial score (nSPS) is 12.3. The van der Waals surface area contributed by atoms with Crippen molar-refractivity contribution in [1.29, 1.82) is 0 Å². The molecule has 0 unspecified atom stereocenters. The molecule has 4 aromatic heterocycles. The van der Waals surface area contributed by atoms with Crippen LogP contribution in [0.1, 0.15) is 67.3 Å². The summed E-state index contributed by atoms with van der Waals surface area (Å²) in [6.07, 6.45) is 0.411. The Morgan fingerprint density at radius 3 is 0.815 bits per heavy atom. The molecular formula is C76H60N12O4. The van der Waals surface area contributed by atoms with Crippen molar-refractivity contribution >= 4 is 45.5 Å². The van der Waals surface area contributed by atoms with E-state index in [9.17, 15) is 10.2 Å². The van der Waals surface area contributed by atoms with E-state index < -0.39 is 0 Å². The summed E-state index contributed by atoms with van der Waals surface area (Å²) in [5.74, 6) is 0.993. The van der Waals surface area contributed by atoms with Crippen LogP contribution >= 0.6 is 0 Å². The average molecular weight is 1210 g/mol. The van der Waals surface area contributed by atoms with Gasteiger partial charge in [-0.2, -0.15) is 40.9 Å². The van der Waals surface area contributed by atoms with Crippen LogP contribution in [0.5, 0.6) is 23.0 Å². The topological polar surface area (TPSA) is 209 Å². The number of hydrogen-bond acceptors (Lipinski definition) is 16. The number of nitrogens with zero attached hydrogens (tertiary/aromatic N) is 12. The van der Waals surface area contributed by atoms with E-state index in [0.29, 0.717) is 124 Å². The van der Waals surface area contributed by atoms with E-state index in [1.807, 2.05) is 257 Å². The molecule has 0 radical (unpaired) electrons. The Morgan fingerprint density at radius 1 is 0.283 bits per heavy atom. The van der Waals surface area contributed by atoms with Gasteiger partial charge in [0.1, 0.15) is 36.2 Å². The molecule has 13 rings (SSSR count). The minimum atomic E-state index is 0.0136. The zero-order chi connectivity index (χ0) is 62.6. The number of phenols is 2. The maximum atomic E-state index is 13.1. The van der Waals surface area contributed by atoms with Crippen LogP contribution in [0, 0.1) is 13.8 Å². The minimum Gasteiger partial charge on any atom is -0.507 e. The van der Waals surface area contributed by atoms with E-state index >= 15 is 0 Å². The molecule has 4 heterocycles. The summed E-state index contributed by atoms with van der Waals surface area (Å²) in [6.45, 7) is 3.98. The molecule has 8 bridgehead atoms. The van der Waals surface area contributed by atoms with Crippen molar-refractivity contribution in [3.05, 3.63) is 310 Å². The van der Waals surface area contributed by atoms with E-state index in [2.05, 4.69) is 20.5 Å². The molecule has 0 fully saturated rings. The molecule has 0 saturated carbocycles. The van der Waals surface area contributed by atoms with Gasteiger partial charge in [0.05, 0.1) is 79.7 Å². The molecule has 0 spiro atoms. The Bertz CT molecular complexity index is 4360. The lowest BCUT2D eigenvalue weighted by molar-refractivity contribution is 0.295. The third-order valence-electron chi connectivity index (χ3n) is 15.3. The number of fused-ring (bicyclic) bond motifs is 8. The van der Waals surface area contributed by atoms with Crippen LogP contribution in [0.25, 0.3) is 22.8 Å². The van der Waals surface area contributed by atoms with E-state index in [0.717, 1.165) is 22.8 Å². The highest BCUT2D eigenvalue weighted by atomic mass is 16.5. The lowest BCUT2D eigenvalue weighted by Gasteiger charge is -2.22. The minimum absolute atomic E-state index is 0.0136. The molecular weight excluding hydrogens is 1140 g/mol. The van der Waals surface area contributed by atoms with Crippen molar-refractivity contribution in [3.8, 4) is 45.8 Å². The maximum absolute atomic E-state index is 13.1. The van der Waals surface area contributed by atoms with E-state index in [4.69, 9.17) is 49.9 Å². The van der Waals surface area contributed by atoms with Gasteiger partial charge in [-0.05, 0) is 159 Å². The van der Waals surface area contributed by atoms with E-state index in [1.54, 1.807) is 0 Å². The number of aromatic nitrogens is 4. The predicted molar refractivity (Wildman–Crippen MR) is 356 cm³/mol. The Balaban J connectivity index is 1.02. The number of rotatable bonds is 16. The second kappa shape index (κ2) is 27.6. The monoisotopic (exact) mass is 1200 g/mol. The van der Waals surface area contributed by atoms with Crippen LogP contribution < -0.4 is 9.47 Å². The molecule has 92 heavy (non-hydrogen) atoms. The van der Waals surface area contributed by atoms with Crippen LogP contribution in [0.15, 0.2) is 284 Å². The molecule has 1 aliphatic rings. The molecule has 0 aliphatic heterocycles. The second-order valence-electron chi connectivity index (χ2n) is 22.2. The predicted octanol–water partition coefficient (Wildman–Crippen LogP) is 20.1. The van der Waals surface area contributed by atoms with Crippen molar-refractivity contribution in [1.82, 2.24) is 19.9 Å². The summed E-state index contributed by atoms with van der Waals surface area (Å²) in [5.41, 5.74) is 15.1. The van der Waals surface area contributed by atoms with Gasteiger partial charge in [-0.1, -0.05) is 97.1 Å². The molecule has 1 aliphatic carbocycles. The van der Waals surface area contributed by atoms with Crippen LogP contribution in [0.3, 0.4) is 0 Å². The van der Waals surface area contributed by atoms with Gasteiger partial charge in [-0.3, -0.25) is 9.97 Å². The second-order valence-corrected chi connectivity index (χ2v) is 22.2. The van der Waals surface area contributed by atoms with Gasteiger partial charge >= 0.3 is 0 Å². The fourth-order valence-electron chi connectivity index (χ4n) is 11.0. The highest BCUT2D eigenvalue weighted by molar-refractivity contribution is 5.65. The third kappa shape index (κ3) is 14.6. The van der Waals surface area contributed by atoms with Gasteiger partial charge in [0, 0.05) is 81.6 Å². The third-order valence-corrected chi connectivity index (χ3v) is 15.3. The molecule has 8 aromatic carbocycles. The first-order valence-electron chi connectivity index (χ1n) is 30.1. The van der Waals surface area contributed by atoms with Crippen LogP contribution in [0.2, 0.25) is 0 Å². The van der Waals surface area contributed by atoms with Gasteiger partial charge in [0.25, 0.3) is 0 Å². The van der Waals surface area contributed by atoms with Crippen molar-refractivity contribution in [3.63, 3.8) is 0 Å². The first-order chi connectivity index (χ1) is 45.1. The summed E-state index contributed by atoms with van der Waals surface area (Å²) in [7, 11) is 0. The van der Waals surface area contributed by atoms with Gasteiger partial charge in [0.15, 0.2) is 0 Å². The quantitative estimate of drug-likeness (QED) is 0.0887. The number of benzene rings is 8. The lowest BCUT2D eigenvalue weighted by atomic mass is 9.90. The Hall–Kier alpha value is -12.0. The van der Waals surface area contributed by atoms with Gasteiger partial charge in [0.2, 0.25) is 0 Å². The van der Waals surface area contributed by atoms with Gasteiger partial charge < -0.3 is 19.7 Å².